The predicted molar refractivity (Wildman–Crippen MR) is 78.1 cm³/mol. The second-order valence-electron chi connectivity index (χ2n) is 5.35. The SMILES string of the molecule is CC(C)=CCC/C(C)=C/CC1=C(C)CCS1(=O)=O. The van der Waals surface area contributed by atoms with Gasteiger partial charge in [-0.05, 0) is 47.0 Å². The Kier molecular flexibility index (Phi) is 5.39. The summed E-state index contributed by atoms with van der Waals surface area (Å²) in [7, 11) is -2.94. The van der Waals surface area contributed by atoms with Gasteiger partial charge in [0.1, 0.15) is 0 Å². The molecule has 0 spiro atoms. The first-order chi connectivity index (χ1) is 8.33. The third-order valence-electron chi connectivity index (χ3n) is 3.32. The lowest BCUT2D eigenvalue weighted by atomic mass is 10.1. The van der Waals surface area contributed by atoms with E-state index in [1.54, 1.807) is 0 Å². The van der Waals surface area contributed by atoms with Crippen molar-refractivity contribution in [2.24, 2.45) is 0 Å². The Hall–Kier alpha value is -0.830. The van der Waals surface area contributed by atoms with Crippen LogP contribution in [0.5, 0.6) is 0 Å². The van der Waals surface area contributed by atoms with Gasteiger partial charge in [0.2, 0.25) is 0 Å². The van der Waals surface area contributed by atoms with E-state index in [2.05, 4.69) is 32.9 Å². The third-order valence-corrected chi connectivity index (χ3v) is 5.33. The normalized spacial score (nSPS) is 19.2. The summed E-state index contributed by atoms with van der Waals surface area (Å²) in [4.78, 5) is 0.657. The van der Waals surface area contributed by atoms with Gasteiger partial charge in [0, 0.05) is 11.3 Å². The Morgan fingerprint density at radius 3 is 2.39 bits per heavy atom. The molecule has 0 saturated heterocycles. The predicted octanol–water partition coefficient (Wildman–Crippen LogP) is 4.16. The van der Waals surface area contributed by atoms with Crippen LogP contribution in [0.2, 0.25) is 0 Å². The van der Waals surface area contributed by atoms with E-state index >= 15 is 0 Å². The lowest BCUT2D eigenvalue weighted by molar-refractivity contribution is 0.603. The molecule has 0 aliphatic carbocycles. The van der Waals surface area contributed by atoms with Crippen LogP contribution in [0.25, 0.3) is 0 Å². The third kappa shape index (κ3) is 4.45. The molecule has 2 nitrogen and oxygen atoms in total. The van der Waals surface area contributed by atoms with Gasteiger partial charge in [-0.2, -0.15) is 0 Å². The molecule has 0 bridgehead atoms. The molecule has 1 aliphatic rings. The Labute approximate surface area is 111 Å². The molecular weight excluding hydrogens is 244 g/mol. The Balaban J connectivity index is 2.59. The summed E-state index contributed by atoms with van der Waals surface area (Å²) in [6.07, 6.45) is 7.62. The van der Waals surface area contributed by atoms with E-state index in [4.69, 9.17) is 0 Å². The van der Waals surface area contributed by atoms with E-state index in [9.17, 15) is 8.42 Å². The smallest absolute Gasteiger partial charge is 0.175 e. The number of hydrogen-bond donors (Lipinski definition) is 0. The van der Waals surface area contributed by atoms with Gasteiger partial charge in [-0.25, -0.2) is 8.42 Å². The summed E-state index contributed by atoms with van der Waals surface area (Å²) in [5, 5.41) is 0. The fourth-order valence-electron chi connectivity index (χ4n) is 2.07. The highest BCUT2D eigenvalue weighted by Crippen LogP contribution is 2.28. The Bertz CT molecular complexity index is 487. The zero-order chi connectivity index (χ0) is 13.8. The molecule has 0 atom stereocenters. The van der Waals surface area contributed by atoms with Gasteiger partial charge in [0.15, 0.2) is 9.84 Å². The monoisotopic (exact) mass is 268 g/mol. The highest BCUT2D eigenvalue weighted by Gasteiger charge is 2.25. The summed E-state index contributed by atoms with van der Waals surface area (Å²) in [5.41, 5.74) is 3.65. The standard InChI is InChI=1S/C15H24O2S/c1-12(2)6-5-7-13(3)8-9-15-14(4)10-11-18(15,16)17/h6,8H,5,7,9-11H2,1-4H3/b13-8+. The number of rotatable bonds is 5. The molecule has 3 heteroatoms. The molecule has 0 unspecified atom stereocenters. The first kappa shape index (κ1) is 15.2. The molecule has 1 heterocycles. The van der Waals surface area contributed by atoms with Gasteiger partial charge in [-0.15, -0.1) is 0 Å². The molecule has 0 aromatic carbocycles. The average molecular weight is 268 g/mol. The van der Waals surface area contributed by atoms with E-state index in [1.165, 1.54) is 11.1 Å². The first-order valence-corrected chi connectivity index (χ1v) is 8.18. The molecule has 0 saturated carbocycles. The lowest BCUT2D eigenvalue weighted by Gasteiger charge is -2.02. The molecule has 0 radical (unpaired) electrons. The number of sulfone groups is 1. The summed E-state index contributed by atoms with van der Waals surface area (Å²) in [5.74, 6) is 0.304. The number of allylic oxidation sites excluding steroid dienone is 6. The highest BCUT2D eigenvalue weighted by atomic mass is 32.2. The van der Waals surface area contributed by atoms with E-state index in [0.717, 1.165) is 18.4 Å². The summed E-state index contributed by atoms with van der Waals surface area (Å²) in [6, 6.07) is 0. The summed E-state index contributed by atoms with van der Waals surface area (Å²) >= 11 is 0. The summed E-state index contributed by atoms with van der Waals surface area (Å²) < 4.78 is 23.6. The molecule has 0 aromatic rings. The van der Waals surface area contributed by atoms with Crippen LogP contribution in [0.15, 0.2) is 33.8 Å². The van der Waals surface area contributed by atoms with Crippen molar-refractivity contribution < 1.29 is 8.42 Å². The molecule has 102 valence electrons. The van der Waals surface area contributed by atoms with Crippen molar-refractivity contribution in [3.8, 4) is 0 Å². The zero-order valence-electron chi connectivity index (χ0n) is 11.9. The molecule has 18 heavy (non-hydrogen) atoms. The van der Waals surface area contributed by atoms with Crippen molar-refractivity contribution in [3.05, 3.63) is 33.8 Å². The molecule has 0 amide bonds. The topological polar surface area (TPSA) is 34.1 Å². The van der Waals surface area contributed by atoms with Gasteiger partial charge in [-0.1, -0.05) is 28.9 Å². The van der Waals surface area contributed by atoms with Crippen molar-refractivity contribution in [1.29, 1.82) is 0 Å². The minimum absolute atomic E-state index is 0.304. The average Bonchev–Trinajstić information content (AvgIpc) is 2.50. The van der Waals surface area contributed by atoms with Crippen LogP contribution < -0.4 is 0 Å². The van der Waals surface area contributed by atoms with Crippen LogP contribution in [0.1, 0.15) is 53.4 Å². The lowest BCUT2D eigenvalue weighted by Crippen LogP contribution is -2.01. The van der Waals surface area contributed by atoms with E-state index in [-0.39, 0.29) is 0 Å². The zero-order valence-corrected chi connectivity index (χ0v) is 12.7. The van der Waals surface area contributed by atoms with Crippen LogP contribution in [0.4, 0.5) is 0 Å². The van der Waals surface area contributed by atoms with Crippen molar-refractivity contribution in [1.82, 2.24) is 0 Å². The van der Waals surface area contributed by atoms with Crippen LogP contribution in [-0.2, 0) is 9.84 Å². The molecular formula is C15H24O2S. The minimum atomic E-state index is -2.94. The number of hydrogen-bond acceptors (Lipinski definition) is 2. The van der Waals surface area contributed by atoms with Gasteiger partial charge < -0.3 is 0 Å². The van der Waals surface area contributed by atoms with Crippen LogP contribution >= 0.6 is 0 Å². The second-order valence-corrected chi connectivity index (χ2v) is 7.48. The van der Waals surface area contributed by atoms with Gasteiger partial charge >= 0.3 is 0 Å². The fraction of sp³-hybridized carbons (Fsp3) is 0.600. The van der Waals surface area contributed by atoms with E-state index < -0.39 is 9.84 Å². The molecule has 0 fully saturated rings. The van der Waals surface area contributed by atoms with Crippen molar-refractivity contribution in [2.75, 3.05) is 5.75 Å². The van der Waals surface area contributed by atoms with Gasteiger partial charge in [-0.3, -0.25) is 0 Å². The maximum Gasteiger partial charge on any atom is 0.175 e. The van der Waals surface area contributed by atoms with Crippen LogP contribution in [-0.4, -0.2) is 14.2 Å². The maximum atomic E-state index is 11.8. The Morgan fingerprint density at radius 1 is 1.22 bits per heavy atom. The van der Waals surface area contributed by atoms with Crippen molar-refractivity contribution in [3.63, 3.8) is 0 Å². The van der Waals surface area contributed by atoms with Crippen LogP contribution in [0.3, 0.4) is 0 Å². The molecule has 1 rings (SSSR count). The van der Waals surface area contributed by atoms with Crippen molar-refractivity contribution in [2.45, 2.75) is 53.4 Å². The molecule has 1 aliphatic heterocycles. The quantitative estimate of drug-likeness (QED) is 0.702. The van der Waals surface area contributed by atoms with Gasteiger partial charge in [0.25, 0.3) is 0 Å². The molecule has 0 N–H and O–H groups in total. The first-order valence-electron chi connectivity index (χ1n) is 6.53. The van der Waals surface area contributed by atoms with Crippen LogP contribution in [0, 0.1) is 0 Å². The van der Waals surface area contributed by atoms with Crippen molar-refractivity contribution >= 4 is 9.84 Å². The molecule has 0 aromatic heterocycles. The minimum Gasteiger partial charge on any atom is -0.224 e. The largest absolute Gasteiger partial charge is 0.224 e. The fourth-order valence-corrected chi connectivity index (χ4v) is 3.87. The Morgan fingerprint density at radius 2 is 1.89 bits per heavy atom. The highest BCUT2D eigenvalue weighted by molar-refractivity contribution is 7.95. The maximum absolute atomic E-state index is 11.8. The van der Waals surface area contributed by atoms with Gasteiger partial charge in [0.05, 0.1) is 5.75 Å². The summed E-state index contributed by atoms with van der Waals surface area (Å²) in [6.45, 7) is 8.21. The second kappa shape index (κ2) is 6.37. The van der Waals surface area contributed by atoms with E-state index in [0.29, 0.717) is 23.5 Å². The van der Waals surface area contributed by atoms with E-state index in [1.807, 2.05) is 6.92 Å².